The van der Waals surface area contributed by atoms with Gasteiger partial charge in [0.15, 0.2) is 0 Å². The molecule has 4 heteroatoms. The van der Waals surface area contributed by atoms with E-state index in [9.17, 15) is 0 Å². The molecule has 1 heterocycles. The molecule has 15 heavy (non-hydrogen) atoms. The molecular formula is C11H21N3S. The Kier molecular flexibility index (Phi) is 5.19. The summed E-state index contributed by atoms with van der Waals surface area (Å²) in [5.41, 5.74) is 2.55. The Hall–Kier alpha value is -0.480. The van der Waals surface area contributed by atoms with E-state index < -0.39 is 0 Å². The summed E-state index contributed by atoms with van der Waals surface area (Å²) in [6.07, 6.45) is 4.10. The van der Waals surface area contributed by atoms with Crippen LogP contribution in [-0.2, 0) is 13.6 Å². The maximum Gasteiger partial charge on any atom is 0.0537 e. The molecule has 0 saturated carbocycles. The summed E-state index contributed by atoms with van der Waals surface area (Å²) in [6, 6.07) is 0. The van der Waals surface area contributed by atoms with E-state index in [-0.39, 0.29) is 0 Å². The van der Waals surface area contributed by atoms with Crippen LogP contribution in [0.2, 0.25) is 0 Å². The lowest BCUT2D eigenvalue weighted by Gasteiger charge is -2.10. The first-order valence-corrected chi connectivity index (χ1v) is 6.71. The number of hydrogen-bond donors (Lipinski definition) is 1. The molecule has 1 aromatic heterocycles. The van der Waals surface area contributed by atoms with Crippen LogP contribution in [0.1, 0.15) is 18.2 Å². The summed E-state index contributed by atoms with van der Waals surface area (Å²) in [4.78, 5) is 0. The number of hydrogen-bond acceptors (Lipinski definition) is 3. The molecule has 1 atom stereocenters. The standard InChI is InChI=1S/C11H21N3S/c1-9(8-15-4)5-12-6-11-7-13-14(3)10(11)2/h7,9,12H,5-6,8H2,1-4H3. The Morgan fingerprint density at radius 3 is 2.87 bits per heavy atom. The van der Waals surface area contributed by atoms with Gasteiger partial charge in [0.25, 0.3) is 0 Å². The molecular weight excluding hydrogens is 206 g/mol. The van der Waals surface area contributed by atoms with Gasteiger partial charge in [0.05, 0.1) is 6.20 Å². The smallest absolute Gasteiger partial charge is 0.0537 e. The summed E-state index contributed by atoms with van der Waals surface area (Å²) in [6.45, 7) is 6.39. The third kappa shape index (κ3) is 3.87. The fraction of sp³-hybridized carbons (Fsp3) is 0.727. The number of aryl methyl sites for hydroxylation is 1. The van der Waals surface area contributed by atoms with Gasteiger partial charge in [0, 0.05) is 24.8 Å². The number of nitrogens with one attached hydrogen (secondary N) is 1. The summed E-state index contributed by atoms with van der Waals surface area (Å²) < 4.78 is 1.92. The minimum atomic E-state index is 0.733. The van der Waals surface area contributed by atoms with E-state index in [0.717, 1.165) is 19.0 Å². The van der Waals surface area contributed by atoms with E-state index in [0.29, 0.717) is 0 Å². The first-order chi connectivity index (χ1) is 7.15. The molecule has 0 bridgehead atoms. The number of thioether (sulfide) groups is 1. The topological polar surface area (TPSA) is 29.9 Å². The van der Waals surface area contributed by atoms with Crippen LogP contribution in [0.3, 0.4) is 0 Å². The van der Waals surface area contributed by atoms with E-state index in [1.54, 1.807) is 0 Å². The molecule has 0 aromatic carbocycles. The molecule has 0 aliphatic carbocycles. The van der Waals surface area contributed by atoms with Crippen LogP contribution in [0, 0.1) is 12.8 Å². The molecule has 86 valence electrons. The number of nitrogens with zero attached hydrogens (tertiary/aromatic N) is 2. The van der Waals surface area contributed by atoms with Crippen molar-refractivity contribution in [2.75, 3.05) is 18.6 Å². The van der Waals surface area contributed by atoms with E-state index in [2.05, 4.69) is 30.5 Å². The molecule has 3 nitrogen and oxygen atoms in total. The van der Waals surface area contributed by atoms with Crippen molar-refractivity contribution < 1.29 is 0 Å². The van der Waals surface area contributed by atoms with E-state index in [1.807, 2.05) is 29.7 Å². The van der Waals surface area contributed by atoms with Crippen LogP contribution in [-0.4, -0.2) is 28.3 Å². The van der Waals surface area contributed by atoms with Gasteiger partial charge in [0.1, 0.15) is 0 Å². The van der Waals surface area contributed by atoms with Gasteiger partial charge in [-0.15, -0.1) is 0 Å². The summed E-state index contributed by atoms with van der Waals surface area (Å²) in [5.74, 6) is 1.95. The zero-order valence-electron chi connectivity index (χ0n) is 10.1. The zero-order valence-corrected chi connectivity index (χ0v) is 10.9. The average molecular weight is 227 g/mol. The normalized spacial score (nSPS) is 13.1. The Morgan fingerprint density at radius 1 is 1.60 bits per heavy atom. The fourth-order valence-corrected chi connectivity index (χ4v) is 2.20. The van der Waals surface area contributed by atoms with Crippen molar-refractivity contribution in [1.29, 1.82) is 0 Å². The molecule has 0 saturated heterocycles. The lowest BCUT2D eigenvalue weighted by Crippen LogP contribution is -2.22. The van der Waals surface area contributed by atoms with Crippen molar-refractivity contribution >= 4 is 11.8 Å². The van der Waals surface area contributed by atoms with Crippen LogP contribution >= 0.6 is 11.8 Å². The van der Waals surface area contributed by atoms with Gasteiger partial charge < -0.3 is 5.32 Å². The summed E-state index contributed by atoms with van der Waals surface area (Å²) in [5, 5.41) is 7.70. The van der Waals surface area contributed by atoms with Crippen LogP contribution in [0.25, 0.3) is 0 Å². The van der Waals surface area contributed by atoms with Crippen LogP contribution in [0.5, 0.6) is 0 Å². The van der Waals surface area contributed by atoms with E-state index in [1.165, 1.54) is 17.0 Å². The van der Waals surface area contributed by atoms with Crippen molar-refractivity contribution in [3.8, 4) is 0 Å². The molecule has 1 rings (SSSR count). The minimum Gasteiger partial charge on any atom is -0.312 e. The molecule has 0 amide bonds. The summed E-state index contributed by atoms with van der Waals surface area (Å²) in [7, 11) is 1.98. The number of aromatic nitrogens is 2. The van der Waals surface area contributed by atoms with Crippen molar-refractivity contribution in [2.45, 2.75) is 20.4 Å². The minimum absolute atomic E-state index is 0.733. The maximum atomic E-state index is 4.22. The maximum absolute atomic E-state index is 4.22. The highest BCUT2D eigenvalue weighted by Gasteiger charge is 2.04. The van der Waals surface area contributed by atoms with Crippen molar-refractivity contribution in [2.24, 2.45) is 13.0 Å². The molecule has 0 aliphatic heterocycles. The largest absolute Gasteiger partial charge is 0.312 e. The predicted octanol–water partition coefficient (Wildman–Crippen LogP) is 1.82. The average Bonchev–Trinajstić information content (AvgIpc) is 2.50. The summed E-state index contributed by atoms with van der Waals surface area (Å²) >= 11 is 1.91. The van der Waals surface area contributed by atoms with Crippen molar-refractivity contribution in [1.82, 2.24) is 15.1 Å². The van der Waals surface area contributed by atoms with Gasteiger partial charge in [-0.3, -0.25) is 4.68 Å². The fourth-order valence-electron chi connectivity index (χ4n) is 1.51. The van der Waals surface area contributed by atoms with Gasteiger partial charge in [-0.25, -0.2) is 0 Å². The third-order valence-electron chi connectivity index (χ3n) is 2.60. The monoisotopic (exact) mass is 227 g/mol. The molecule has 1 unspecified atom stereocenters. The highest BCUT2D eigenvalue weighted by molar-refractivity contribution is 7.98. The predicted molar refractivity (Wildman–Crippen MR) is 67.2 cm³/mol. The third-order valence-corrected chi connectivity index (χ3v) is 3.50. The van der Waals surface area contributed by atoms with Gasteiger partial charge in [-0.05, 0) is 31.4 Å². The molecule has 0 fully saturated rings. The lowest BCUT2D eigenvalue weighted by atomic mass is 10.2. The zero-order chi connectivity index (χ0) is 11.3. The highest BCUT2D eigenvalue weighted by Crippen LogP contribution is 2.06. The molecule has 1 aromatic rings. The Balaban J connectivity index is 2.29. The second kappa shape index (κ2) is 6.18. The van der Waals surface area contributed by atoms with Crippen LogP contribution in [0.15, 0.2) is 6.20 Å². The molecule has 0 radical (unpaired) electrons. The lowest BCUT2D eigenvalue weighted by molar-refractivity contribution is 0.558. The van der Waals surface area contributed by atoms with Gasteiger partial charge in [0.2, 0.25) is 0 Å². The SMILES string of the molecule is CSCC(C)CNCc1cnn(C)c1C. The van der Waals surface area contributed by atoms with Gasteiger partial charge in [-0.2, -0.15) is 16.9 Å². The molecule has 0 spiro atoms. The Morgan fingerprint density at radius 2 is 2.33 bits per heavy atom. The first kappa shape index (κ1) is 12.6. The number of rotatable bonds is 6. The highest BCUT2D eigenvalue weighted by atomic mass is 32.2. The second-order valence-electron chi connectivity index (χ2n) is 4.07. The van der Waals surface area contributed by atoms with Crippen molar-refractivity contribution in [3.05, 3.63) is 17.5 Å². The van der Waals surface area contributed by atoms with Crippen LogP contribution < -0.4 is 5.32 Å². The van der Waals surface area contributed by atoms with Gasteiger partial charge >= 0.3 is 0 Å². The first-order valence-electron chi connectivity index (χ1n) is 5.32. The quantitative estimate of drug-likeness (QED) is 0.804. The molecule has 1 N–H and O–H groups in total. The Labute approximate surface area is 96.6 Å². The van der Waals surface area contributed by atoms with Crippen LogP contribution in [0.4, 0.5) is 0 Å². The van der Waals surface area contributed by atoms with Gasteiger partial charge in [-0.1, -0.05) is 6.92 Å². The molecule has 0 aliphatic rings. The van der Waals surface area contributed by atoms with E-state index >= 15 is 0 Å². The van der Waals surface area contributed by atoms with E-state index in [4.69, 9.17) is 0 Å². The second-order valence-corrected chi connectivity index (χ2v) is 4.98. The van der Waals surface area contributed by atoms with Crippen molar-refractivity contribution in [3.63, 3.8) is 0 Å². The Bertz CT molecular complexity index is 296.